The number of carbonyl (C=O) groups is 1. The molecule has 1 saturated heterocycles. The number of likely N-dealkylation sites (N-methyl/N-ethyl adjacent to an activating group) is 1. The first-order valence-electron chi connectivity index (χ1n) is 6.98. The van der Waals surface area contributed by atoms with Crippen molar-refractivity contribution in [2.75, 3.05) is 20.1 Å². The van der Waals surface area contributed by atoms with E-state index in [1.807, 2.05) is 31.3 Å². The first-order valence-corrected chi connectivity index (χ1v) is 6.98. The summed E-state index contributed by atoms with van der Waals surface area (Å²) >= 11 is 0. The fourth-order valence-electron chi connectivity index (χ4n) is 2.74. The number of primary amides is 1. The molecule has 1 amide bonds. The highest BCUT2D eigenvalue weighted by Gasteiger charge is 2.21. The molecule has 1 heterocycles. The van der Waals surface area contributed by atoms with Crippen LogP contribution in [0.4, 0.5) is 0 Å². The highest BCUT2D eigenvalue weighted by atomic mass is 16.1. The molecule has 0 bridgehead atoms. The molecule has 1 aliphatic heterocycles. The number of nitrogens with zero attached hydrogens (tertiary/aromatic N) is 1. The molecular formula is C15H23N3O. The van der Waals surface area contributed by atoms with E-state index in [1.165, 1.54) is 24.8 Å². The van der Waals surface area contributed by atoms with Crippen LogP contribution in [0, 0.1) is 0 Å². The molecule has 1 atom stereocenters. The molecule has 0 spiro atoms. The SMILES string of the molecule is CNCC1CCCCN1Cc1ccc(C(N)=O)cc1. The Morgan fingerprint density at radius 3 is 2.74 bits per heavy atom. The third-order valence-corrected chi connectivity index (χ3v) is 3.81. The molecule has 19 heavy (non-hydrogen) atoms. The number of rotatable bonds is 5. The minimum absolute atomic E-state index is 0.363. The Morgan fingerprint density at radius 1 is 1.37 bits per heavy atom. The summed E-state index contributed by atoms with van der Waals surface area (Å²) in [5.74, 6) is -0.363. The van der Waals surface area contributed by atoms with Crippen LogP contribution in [-0.2, 0) is 6.54 Å². The Bertz CT molecular complexity index is 414. The van der Waals surface area contributed by atoms with Gasteiger partial charge in [-0.3, -0.25) is 9.69 Å². The van der Waals surface area contributed by atoms with Crippen molar-refractivity contribution in [1.29, 1.82) is 0 Å². The molecule has 1 unspecified atom stereocenters. The van der Waals surface area contributed by atoms with E-state index in [-0.39, 0.29) is 5.91 Å². The van der Waals surface area contributed by atoms with Crippen LogP contribution in [0.5, 0.6) is 0 Å². The van der Waals surface area contributed by atoms with E-state index < -0.39 is 0 Å². The number of carbonyl (C=O) groups excluding carboxylic acids is 1. The Labute approximate surface area is 115 Å². The zero-order chi connectivity index (χ0) is 13.7. The molecule has 0 radical (unpaired) electrons. The monoisotopic (exact) mass is 261 g/mol. The average molecular weight is 261 g/mol. The molecule has 1 fully saturated rings. The molecule has 1 aromatic rings. The topological polar surface area (TPSA) is 58.4 Å². The second-order valence-electron chi connectivity index (χ2n) is 5.24. The lowest BCUT2D eigenvalue weighted by molar-refractivity contribution is 0.1000. The van der Waals surface area contributed by atoms with Gasteiger partial charge in [0, 0.05) is 24.7 Å². The minimum Gasteiger partial charge on any atom is -0.366 e. The molecular weight excluding hydrogens is 238 g/mol. The maximum atomic E-state index is 11.0. The number of benzene rings is 1. The van der Waals surface area contributed by atoms with E-state index in [9.17, 15) is 4.79 Å². The fraction of sp³-hybridized carbons (Fsp3) is 0.533. The third-order valence-electron chi connectivity index (χ3n) is 3.81. The fourth-order valence-corrected chi connectivity index (χ4v) is 2.74. The molecule has 0 saturated carbocycles. The first kappa shape index (κ1) is 14.0. The van der Waals surface area contributed by atoms with Crippen molar-refractivity contribution >= 4 is 5.91 Å². The molecule has 2 rings (SSSR count). The van der Waals surface area contributed by atoms with Crippen LogP contribution in [0.25, 0.3) is 0 Å². The minimum atomic E-state index is -0.363. The van der Waals surface area contributed by atoms with Crippen molar-refractivity contribution in [3.63, 3.8) is 0 Å². The Kier molecular flexibility index (Phi) is 4.93. The highest BCUT2D eigenvalue weighted by Crippen LogP contribution is 2.19. The van der Waals surface area contributed by atoms with Crippen LogP contribution in [0.1, 0.15) is 35.2 Å². The van der Waals surface area contributed by atoms with Crippen molar-refractivity contribution < 1.29 is 4.79 Å². The van der Waals surface area contributed by atoms with Gasteiger partial charge in [-0.2, -0.15) is 0 Å². The number of likely N-dealkylation sites (tertiary alicyclic amines) is 1. The molecule has 3 N–H and O–H groups in total. The van der Waals surface area contributed by atoms with Gasteiger partial charge in [0.1, 0.15) is 0 Å². The van der Waals surface area contributed by atoms with E-state index in [0.717, 1.165) is 19.6 Å². The van der Waals surface area contributed by atoms with Gasteiger partial charge in [-0.25, -0.2) is 0 Å². The normalized spacial score (nSPS) is 20.4. The summed E-state index contributed by atoms with van der Waals surface area (Å²) < 4.78 is 0. The predicted molar refractivity (Wildman–Crippen MR) is 76.9 cm³/mol. The lowest BCUT2D eigenvalue weighted by Crippen LogP contribution is -2.44. The number of hydrogen-bond donors (Lipinski definition) is 2. The van der Waals surface area contributed by atoms with Crippen LogP contribution in [0.3, 0.4) is 0 Å². The number of amides is 1. The van der Waals surface area contributed by atoms with Gasteiger partial charge in [0.2, 0.25) is 5.91 Å². The van der Waals surface area contributed by atoms with Gasteiger partial charge in [0.15, 0.2) is 0 Å². The summed E-state index contributed by atoms with van der Waals surface area (Å²) in [6, 6.07) is 8.26. The van der Waals surface area contributed by atoms with Crippen LogP contribution in [0.2, 0.25) is 0 Å². The van der Waals surface area contributed by atoms with Crippen molar-refractivity contribution in [2.24, 2.45) is 5.73 Å². The summed E-state index contributed by atoms with van der Waals surface area (Å²) in [7, 11) is 2.01. The van der Waals surface area contributed by atoms with Gasteiger partial charge in [0.25, 0.3) is 0 Å². The van der Waals surface area contributed by atoms with Gasteiger partial charge in [-0.1, -0.05) is 18.6 Å². The predicted octanol–water partition coefficient (Wildman–Crippen LogP) is 1.36. The van der Waals surface area contributed by atoms with E-state index in [0.29, 0.717) is 11.6 Å². The van der Waals surface area contributed by atoms with Gasteiger partial charge in [0.05, 0.1) is 0 Å². The highest BCUT2D eigenvalue weighted by molar-refractivity contribution is 5.92. The molecule has 4 heteroatoms. The van der Waals surface area contributed by atoms with Crippen LogP contribution in [-0.4, -0.2) is 37.0 Å². The standard InChI is InChI=1S/C15H23N3O/c1-17-10-14-4-2-3-9-18(14)11-12-5-7-13(8-6-12)15(16)19/h5-8,14,17H,2-4,9-11H2,1H3,(H2,16,19). The zero-order valence-electron chi connectivity index (χ0n) is 11.6. The molecule has 0 aromatic heterocycles. The van der Waals surface area contributed by atoms with Gasteiger partial charge in [-0.05, 0) is 44.1 Å². The number of nitrogens with one attached hydrogen (secondary N) is 1. The summed E-state index contributed by atoms with van der Waals surface area (Å²) in [5, 5.41) is 3.27. The first-order chi connectivity index (χ1) is 9.20. The molecule has 4 nitrogen and oxygen atoms in total. The van der Waals surface area contributed by atoms with Gasteiger partial charge < -0.3 is 11.1 Å². The van der Waals surface area contributed by atoms with Crippen LogP contribution < -0.4 is 11.1 Å². The quantitative estimate of drug-likeness (QED) is 0.841. The number of hydrogen-bond acceptors (Lipinski definition) is 3. The Morgan fingerprint density at radius 2 is 2.11 bits per heavy atom. The number of piperidine rings is 1. The maximum Gasteiger partial charge on any atom is 0.248 e. The maximum absolute atomic E-state index is 11.0. The van der Waals surface area contributed by atoms with Crippen LogP contribution in [0.15, 0.2) is 24.3 Å². The second kappa shape index (κ2) is 6.68. The van der Waals surface area contributed by atoms with E-state index in [2.05, 4.69) is 10.2 Å². The Hall–Kier alpha value is -1.39. The zero-order valence-corrected chi connectivity index (χ0v) is 11.6. The lowest BCUT2D eigenvalue weighted by atomic mass is 10.0. The molecule has 1 aromatic carbocycles. The van der Waals surface area contributed by atoms with E-state index in [4.69, 9.17) is 5.73 Å². The molecule has 1 aliphatic rings. The molecule has 0 aliphatic carbocycles. The Balaban J connectivity index is 2.00. The second-order valence-corrected chi connectivity index (χ2v) is 5.24. The summed E-state index contributed by atoms with van der Waals surface area (Å²) in [6.07, 6.45) is 3.86. The van der Waals surface area contributed by atoms with Crippen LogP contribution >= 0.6 is 0 Å². The van der Waals surface area contributed by atoms with Gasteiger partial charge in [-0.15, -0.1) is 0 Å². The van der Waals surface area contributed by atoms with Gasteiger partial charge >= 0.3 is 0 Å². The smallest absolute Gasteiger partial charge is 0.248 e. The van der Waals surface area contributed by atoms with Crippen molar-refractivity contribution in [3.05, 3.63) is 35.4 Å². The molecule has 104 valence electrons. The lowest BCUT2D eigenvalue weighted by Gasteiger charge is -2.35. The third kappa shape index (κ3) is 3.78. The summed E-state index contributed by atoms with van der Waals surface area (Å²) in [6.45, 7) is 3.15. The summed E-state index contributed by atoms with van der Waals surface area (Å²) in [5.41, 5.74) is 7.07. The van der Waals surface area contributed by atoms with Crippen molar-refractivity contribution in [2.45, 2.75) is 31.8 Å². The number of nitrogens with two attached hydrogens (primary N) is 1. The van der Waals surface area contributed by atoms with E-state index >= 15 is 0 Å². The van der Waals surface area contributed by atoms with Crippen molar-refractivity contribution in [1.82, 2.24) is 10.2 Å². The largest absolute Gasteiger partial charge is 0.366 e. The van der Waals surface area contributed by atoms with E-state index in [1.54, 1.807) is 0 Å². The van der Waals surface area contributed by atoms with Crippen molar-refractivity contribution in [3.8, 4) is 0 Å². The summed E-state index contributed by atoms with van der Waals surface area (Å²) in [4.78, 5) is 13.6. The average Bonchev–Trinajstić information content (AvgIpc) is 2.42.